The van der Waals surface area contributed by atoms with Crippen LogP contribution >= 0.6 is 0 Å². The van der Waals surface area contributed by atoms with Crippen molar-refractivity contribution in [3.8, 4) is 0 Å². The minimum absolute atomic E-state index is 0.0219. The molecule has 0 aliphatic carbocycles. The summed E-state index contributed by atoms with van der Waals surface area (Å²) in [5, 5.41) is 5.26. The molecule has 1 atom stereocenters. The van der Waals surface area contributed by atoms with Crippen molar-refractivity contribution in [3.05, 3.63) is 59.7 Å². The van der Waals surface area contributed by atoms with E-state index in [-0.39, 0.29) is 23.3 Å². The molecule has 3 N–H and O–H groups in total. The Bertz CT molecular complexity index is 1130. The van der Waals surface area contributed by atoms with E-state index in [1.54, 1.807) is 24.3 Å². The lowest BCUT2D eigenvalue weighted by atomic mass is 10.1. The quantitative estimate of drug-likeness (QED) is 0.541. The second-order valence-corrected chi connectivity index (χ2v) is 9.68. The van der Waals surface area contributed by atoms with E-state index in [0.29, 0.717) is 11.3 Å². The fourth-order valence-corrected chi connectivity index (χ4v) is 4.74. The van der Waals surface area contributed by atoms with Gasteiger partial charge in [0, 0.05) is 37.8 Å². The maximum absolute atomic E-state index is 12.6. The number of nitrogens with zero attached hydrogens (tertiary/aromatic N) is 1. The Morgan fingerprint density at radius 2 is 1.70 bits per heavy atom. The fraction of sp³-hybridized carbons (Fsp3) is 0.348. The van der Waals surface area contributed by atoms with Gasteiger partial charge in [0.15, 0.2) is 0 Å². The number of carbonyl (C=O) groups excluding carboxylic acids is 3. The van der Waals surface area contributed by atoms with Gasteiger partial charge in [0.1, 0.15) is 0 Å². The molecular formula is C23H28N4O5S. The van der Waals surface area contributed by atoms with Crippen LogP contribution in [0.25, 0.3) is 0 Å². The molecule has 1 fully saturated rings. The highest BCUT2D eigenvalue weighted by atomic mass is 32.2. The summed E-state index contributed by atoms with van der Waals surface area (Å²) in [6, 6.07) is 11.7. The zero-order valence-corrected chi connectivity index (χ0v) is 19.4. The molecule has 0 radical (unpaired) electrons. The van der Waals surface area contributed by atoms with Crippen LogP contribution in [0.2, 0.25) is 0 Å². The molecule has 1 saturated heterocycles. The average molecular weight is 473 g/mol. The molecule has 0 bridgehead atoms. The van der Waals surface area contributed by atoms with E-state index in [4.69, 9.17) is 0 Å². The topological polar surface area (TPSA) is 125 Å². The lowest BCUT2D eigenvalue weighted by Gasteiger charge is -2.17. The molecule has 176 valence electrons. The molecule has 3 amide bonds. The van der Waals surface area contributed by atoms with Crippen LogP contribution in [0.1, 0.15) is 42.6 Å². The zero-order valence-electron chi connectivity index (χ0n) is 18.6. The second kappa shape index (κ2) is 10.6. The Kier molecular flexibility index (Phi) is 7.83. The largest absolute Gasteiger partial charge is 0.351 e. The molecule has 1 aliphatic heterocycles. The third-order valence-electron chi connectivity index (χ3n) is 5.24. The van der Waals surface area contributed by atoms with Crippen LogP contribution in [-0.4, -0.2) is 50.2 Å². The van der Waals surface area contributed by atoms with Gasteiger partial charge in [0.25, 0.3) is 5.91 Å². The fourth-order valence-electron chi connectivity index (χ4n) is 3.53. The number of rotatable bonds is 8. The average Bonchev–Trinajstić information content (AvgIpc) is 3.32. The number of benzene rings is 2. The van der Waals surface area contributed by atoms with E-state index < -0.39 is 22.0 Å². The number of carbonyl (C=O) groups is 3. The van der Waals surface area contributed by atoms with Gasteiger partial charge in [-0.3, -0.25) is 14.4 Å². The van der Waals surface area contributed by atoms with E-state index in [2.05, 4.69) is 15.4 Å². The Morgan fingerprint density at radius 1 is 1.03 bits per heavy atom. The third-order valence-corrected chi connectivity index (χ3v) is 6.80. The van der Waals surface area contributed by atoms with Gasteiger partial charge >= 0.3 is 0 Å². The SMILES string of the molecule is CC(=O)Nc1ccc(S(=O)(=O)N[C@@H](C)C(=O)NCc2cccc(C(=O)N3CCCC3)c2)cc1. The van der Waals surface area contributed by atoms with Gasteiger partial charge < -0.3 is 15.5 Å². The highest BCUT2D eigenvalue weighted by Crippen LogP contribution is 2.15. The maximum atomic E-state index is 12.6. The third kappa shape index (κ3) is 6.62. The number of hydrogen-bond donors (Lipinski definition) is 3. The van der Waals surface area contributed by atoms with E-state index >= 15 is 0 Å². The van der Waals surface area contributed by atoms with Gasteiger partial charge in [0.2, 0.25) is 21.8 Å². The molecule has 0 unspecified atom stereocenters. The normalized spacial score (nSPS) is 14.5. The van der Waals surface area contributed by atoms with Crippen molar-refractivity contribution >= 4 is 33.4 Å². The Balaban J connectivity index is 1.56. The van der Waals surface area contributed by atoms with Crippen molar-refractivity contribution in [1.29, 1.82) is 0 Å². The predicted octanol–water partition coefficient (Wildman–Crippen LogP) is 1.86. The van der Waals surface area contributed by atoms with E-state index in [9.17, 15) is 22.8 Å². The molecule has 1 heterocycles. The maximum Gasteiger partial charge on any atom is 0.253 e. The molecule has 1 aliphatic rings. The van der Waals surface area contributed by atoms with Gasteiger partial charge in [-0.05, 0) is 61.7 Å². The lowest BCUT2D eigenvalue weighted by molar-refractivity contribution is -0.122. The molecule has 0 saturated carbocycles. The van der Waals surface area contributed by atoms with Gasteiger partial charge in [0.05, 0.1) is 10.9 Å². The lowest BCUT2D eigenvalue weighted by Crippen LogP contribution is -2.44. The first-order valence-electron chi connectivity index (χ1n) is 10.7. The van der Waals surface area contributed by atoms with Gasteiger partial charge in [-0.15, -0.1) is 0 Å². The number of sulfonamides is 1. The van der Waals surface area contributed by atoms with Crippen LogP contribution in [0.5, 0.6) is 0 Å². The standard InChI is InChI=1S/C23H28N4O5S/c1-16(26-33(31,32)21-10-8-20(9-11-21)25-17(2)28)22(29)24-15-18-6-5-7-19(14-18)23(30)27-12-3-4-13-27/h5-11,14,16,26H,3-4,12-13,15H2,1-2H3,(H,24,29)(H,25,28)/t16-/m0/s1. The number of nitrogens with one attached hydrogen (secondary N) is 3. The van der Waals surface area contributed by atoms with Crippen molar-refractivity contribution in [1.82, 2.24) is 14.9 Å². The number of anilines is 1. The van der Waals surface area contributed by atoms with Crippen molar-refractivity contribution in [3.63, 3.8) is 0 Å². The van der Waals surface area contributed by atoms with E-state index in [1.165, 1.54) is 38.1 Å². The monoisotopic (exact) mass is 472 g/mol. The Hall–Kier alpha value is -3.24. The van der Waals surface area contributed by atoms with Crippen molar-refractivity contribution in [2.24, 2.45) is 0 Å². The summed E-state index contributed by atoms with van der Waals surface area (Å²) in [5.74, 6) is -0.781. The summed E-state index contributed by atoms with van der Waals surface area (Å²) in [6.45, 7) is 4.48. The number of hydrogen-bond acceptors (Lipinski definition) is 5. The highest BCUT2D eigenvalue weighted by Gasteiger charge is 2.22. The molecule has 0 aromatic heterocycles. The van der Waals surface area contributed by atoms with E-state index in [1.807, 2.05) is 4.90 Å². The molecular weight excluding hydrogens is 444 g/mol. The highest BCUT2D eigenvalue weighted by molar-refractivity contribution is 7.89. The van der Waals surface area contributed by atoms with Crippen LogP contribution in [0.4, 0.5) is 5.69 Å². The molecule has 2 aromatic rings. The first-order chi connectivity index (χ1) is 15.7. The summed E-state index contributed by atoms with van der Waals surface area (Å²) in [6.07, 6.45) is 2.02. The van der Waals surface area contributed by atoms with Crippen LogP contribution < -0.4 is 15.4 Å². The predicted molar refractivity (Wildman–Crippen MR) is 124 cm³/mol. The molecule has 10 heteroatoms. The summed E-state index contributed by atoms with van der Waals surface area (Å²) in [5.41, 5.74) is 1.79. The van der Waals surface area contributed by atoms with Crippen molar-refractivity contribution in [2.75, 3.05) is 18.4 Å². The Labute approximate surface area is 193 Å². The minimum atomic E-state index is -3.93. The zero-order chi connectivity index (χ0) is 24.0. The van der Waals surface area contributed by atoms with Crippen LogP contribution in [0.3, 0.4) is 0 Å². The van der Waals surface area contributed by atoms with E-state index in [0.717, 1.165) is 31.5 Å². The van der Waals surface area contributed by atoms with Crippen LogP contribution in [-0.2, 0) is 26.2 Å². The molecule has 3 rings (SSSR count). The van der Waals surface area contributed by atoms with Gasteiger partial charge in [-0.1, -0.05) is 12.1 Å². The first kappa shape index (κ1) is 24.4. The summed E-state index contributed by atoms with van der Waals surface area (Å²) in [7, 11) is -3.93. The molecule has 0 spiro atoms. The summed E-state index contributed by atoms with van der Waals surface area (Å²) in [4.78, 5) is 37.9. The van der Waals surface area contributed by atoms with Gasteiger partial charge in [-0.25, -0.2) is 8.42 Å². The second-order valence-electron chi connectivity index (χ2n) is 7.97. The smallest absolute Gasteiger partial charge is 0.253 e. The van der Waals surface area contributed by atoms with Crippen LogP contribution in [0, 0.1) is 0 Å². The van der Waals surface area contributed by atoms with Gasteiger partial charge in [-0.2, -0.15) is 4.72 Å². The first-order valence-corrected chi connectivity index (χ1v) is 12.2. The van der Waals surface area contributed by atoms with Crippen molar-refractivity contribution in [2.45, 2.75) is 44.2 Å². The number of likely N-dealkylation sites (tertiary alicyclic amines) is 1. The van der Waals surface area contributed by atoms with Crippen LogP contribution in [0.15, 0.2) is 53.4 Å². The Morgan fingerprint density at radius 3 is 2.33 bits per heavy atom. The minimum Gasteiger partial charge on any atom is -0.351 e. The molecule has 33 heavy (non-hydrogen) atoms. The molecule has 9 nitrogen and oxygen atoms in total. The number of amides is 3. The van der Waals surface area contributed by atoms with Crippen molar-refractivity contribution < 1.29 is 22.8 Å². The summed E-state index contributed by atoms with van der Waals surface area (Å²) >= 11 is 0. The summed E-state index contributed by atoms with van der Waals surface area (Å²) < 4.78 is 27.5. The molecule has 2 aromatic carbocycles.